The van der Waals surface area contributed by atoms with Crippen LogP contribution in [0.1, 0.15) is 28.4 Å². The first-order valence-corrected chi connectivity index (χ1v) is 10.0. The van der Waals surface area contributed by atoms with Crippen LogP contribution in [0.25, 0.3) is 0 Å². The van der Waals surface area contributed by atoms with Crippen molar-refractivity contribution < 1.29 is 19.1 Å². The number of rotatable bonds is 8. The van der Waals surface area contributed by atoms with Gasteiger partial charge in [-0.05, 0) is 29.8 Å². The average Bonchev–Trinajstić information content (AvgIpc) is 2.79. The number of hydrogen-bond donors (Lipinski definition) is 2. The van der Waals surface area contributed by atoms with Crippen molar-refractivity contribution in [2.24, 2.45) is 0 Å². The number of benzene rings is 3. The van der Waals surface area contributed by atoms with Gasteiger partial charge in [0.05, 0.1) is 37.3 Å². The molecule has 0 saturated heterocycles. The molecule has 3 rings (SSSR count). The van der Waals surface area contributed by atoms with Crippen LogP contribution in [0.15, 0.2) is 72.8 Å². The zero-order valence-corrected chi connectivity index (χ0v) is 18.0. The highest BCUT2D eigenvalue weighted by atomic mass is 35.5. The van der Waals surface area contributed by atoms with Gasteiger partial charge >= 0.3 is 0 Å². The van der Waals surface area contributed by atoms with Crippen molar-refractivity contribution in [1.82, 2.24) is 5.32 Å². The van der Waals surface area contributed by atoms with Crippen LogP contribution in [0, 0.1) is 0 Å². The van der Waals surface area contributed by atoms with Crippen molar-refractivity contribution in [3.05, 3.63) is 88.9 Å². The molecule has 0 saturated carbocycles. The number of ether oxygens (including phenoxy) is 2. The van der Waals surface area contributed by atoms with Gasteiger partial charge < -0.3 is 20.1 Å². The Morgan fingerprint density at radius 2 is 1.58 bits per heavy atom. The first-order valence-electron chi connectivity index (χ1n) is 9.64. The fourth-order valence-electron chi connectivity index (χ4n) is 3.13. The fraction of sp³-hybridized carbons (Fsp3) is 0.167. The van der Waals surface area contributed by atoms with E-state index in [1.54, 1.807) is 49.6 Å². The number of halogens is 1. The Bertz CT molecular complexity index is 1060. The molecule has 0 aliphatic heterocycles. The molecule has 31 heavy (non-hydrogen) atoms. The van der Waals surface area contributed by atoms with Gasteiger partial charge in [-0.1, -0.05) is 54.1 Å². The Balaban J connectivity index is 1.77. The molecule has 0 aromatic heterocycles. The van der Waals surface area contributed by atoms with E-state index in [9.17, 15) is 9.59 Å². The first-order chi connectivity index (χ1) is 15.0. The van der Waals surface area contributed by atoms with Crippen molar-refractivity contribution in [1.29, 1.82) is 0 Å². The number of amides is 2. The van der Waals surface area contributed by atoms with Gasteiger partial charge in [0, 0.05) is 11.8 Å². The predicted molar refractivity (Wildman–Crippen MR) is 121 cm³/mol. The molecule has 0 heterocycles. The highest BCUT2D eigenvalue weighted by Gasteiger charge is 2.21. The van der Waals surface area contributed by atoms with Crippen LogP contribution in [0.2, 0.25) is 5.02 Å². The molecule has 3 aromatic carbocycles. The fourth-order valence-corrected chi connectivity index (χ4v) is 3.35. The Morgan fingerprint density at radius 1 is 0.903 bits per heavy atom. The van der Waals surface area contributed by atoms with Crippen LogP contribution in [0.5, 0.6) is 11.5 Å². The maximum absolute atomic E-state index is 12.8. The highest BCUT2D eigenvalue weighted by Crippen LogP contribution is 2.30. The van der Waals surface area contributed by atoms with Crippen molar-refractivity contribution in [2.75, 3.05) is 19.5 Å². The highest BCUT2D eigenvalue weighted by molar-refractivity contribution is 6.33. The second-order valence-electron chi connectivity index (χ2n) is 6.74. The van der Waals surface area contributed by atoms with Crippen molar-refractivity contribution >= 4 is 29.1 Å². The van der Waals surface area contributed by atoms with Crippen molar-refractivity contribution in [3.63, 3.8) is 0 Å². The Morgan fingerprint density at radius 3 is 2.26 bits per heavy atom. The van der Waals surface area contributed by atoms with Crippen LogP contribution in [-0.4, -0.2) is 26.0 Å². The van der Waals surface area contributed by atoms with Gasteiger partial charge in [0.2, 0.25) is 5.91 Å². The second-order valence-corrected chi connectivity index (χ2v) is 7.15. The summed E-state index contributed by atoms with van der Waals surface area (Å²) in [6.45, 7) is 0. The molecule has 6 nitrogen and oxygen atoms in total. The Hall–Kier alpha value is -3.51. The summed E-state index contributed by atoms with van der Waals surface area (Å²) in [5.74, 6) is 0.459. The lowest BCUT2D eigenvalue weighted by molar-refractivity contribution is -0.116. The molecule has 160 valence electrons. The quantitative estimate of drug-likeness (QED) is 0.526. The lowest BCUT2D eigenvalue weighted by atomic mass is 10.0. The summed E-state index contributed by atoms with van der Waals surface area (Å²) in [5, 5.41) is 6.11. The second kappa shape index (κ2) is 10.5. The zero-order chi connectivity index (χ0) is 22.2. The van der Waals surface area contributed by atoms with Crippen LogP contribution < -0.4 is 20.1 Å². The number of carbonyl (C=O) groups is 2. The van der Waals surface area contributed by atoms with Gasteiger partial charge in [0.1, 0.15) is 0 Å². The molecule has 0 aliphatic carbocycles. The Kier molecular flexibility index (Phi) is 7.51. The van der Waals surface area contributed by atoms with Gasteiger partial charge in [-0.25, -0.2) is 0 Å². The van der Waals surface area contributed by atoms with Crippen LogP contribution in [-0.2, 0) is 4.79 Å². The molecule has 1 unspecified atom stereocenters. The van der Waals surface area contributed by atoms with E-state index in [0.29, 0.717) is 27.8 Å². The molecule has 0 spiro atoms. The van der Waals surface area contributed by atoms with E-state index < -0.39 is 6.04 Å². The summed E-state index contributed by atoms with van der Waals surface area (Å²) in [6.07, 6.45) is 0.0363. The molecule has 7 heteroatoms. The summed E-state index contributed by atoms with van der Waals surface area (Å²) >= 11 is 6.15. The molecular formula is C24H23ClN2O4. The number of methoxy groups -OCH3 is 2. The minimum absolute atomic E-state index is 0.0363. The van der Waals surface area contributed by atoms with Gasteiger partial charge in [0.15, 0.2) is 11.5 Å². The minimum Gasteiger partial charge on any atom is -0.493 e. The standard InChI is InChI=1S/C24H23ClN2O4/c1-30-21-13-12-17(14-22(21)31-2)26-23(28)15-20(16-8-4-3-5-9-16)27-24(29)18-10-6-7-11-19(18)25/h3-14,20H,15H2,1-2H3,(H,26,28)(H,27,29). The van der Waals surface area contributed by atoms with E-state index in [1.165, 1.54) is 7.11 Å². The summed E-state index contributed by atoms with van der Waals surface area (Å²) in [5.41, 5.74) is 1.72. The smallest absolute Gasteiger partial charge is 0.253 e. The zero-order valence-electron chi connectivity index (χ0n) is 17.2. The molecule has 1 atom stereocenters. The molecule has 2 amide bonds. The third-order valence-electron chi connectivity index (χ3n) is 4.68. The van der Waals surface area contributed by atoms with Gasteiger partial charge in [-0.3, -0.25) is 9.59 Å². The number of carbonyl (C=O) groups excluding carboxylic acids is 2. The molecule has 3 aromatic rings. The van der Waals surface area contributed by atoms with Crippen LogP contribution in [0.3, 0.4) is 0 Å². The number of anilines is 1. The summed E-state index contributed by atoms with van der Waals surface area (Å²) in [7, 11) is 3.07. The summed E-state index contributed by atoms with van der Waals surface area (Å²) in [6, 6.07) is 20.7. The lowest BCUT2D eigenvalue weighted by Gasteiger charge is -2.20. The molecule has 0 radical (unpaired) electrons. The number of hydrogen-bond acceptors (Lipinski definition) is 4. The third kappa shape index (κ3) is 5.77. The lowest BCUT2D eigenvalue weighted by Crippen LogP contribution is -2.31. The maximum atomic E-state index is 12.8. The van der Waals surface area contributed by atoms with Gasteiger partial charge in [0.25, 0.3) is 5.91 Å². The summed E-state index contributed by atoms with van der Waals surface area (Å²) in [4.78, 5) is 25.6. The van der Waals surface area contributed by atoms with Crippen molar-refractivity contribution in [3.8, 4) is 11.5 Å². The molecular weight excluding hydrogens is 416 g/mol. The monoisotopic (exact) mass is 438 g/mol. The van der Waals surface area contributed by atoms with Gasteiger partial charge in [-0.15, -0.1) is 0 Å². The first kappa shape index (κ1) is 22.2. The molecule has 2 N–H and O–H groups in total. The summed E-state index contributed by atoms with van der Waals surface area (Å²) < 4.78 is 10.5. The Labute approximate surface area is 186 Å². The normalized spacial score (nSPS) is 11.3. The van der Waals surface area contributed by atoms with Crippen molar-refractivity contribution in [2.45, 2.75) is 12.5 Å². The van der Waals surface area contributed by atoms with Gasteiger partial charge in [-0.2, -0.15) is 0 Å². The van der Waals surface area contributed by atoms with E-state index in [2.05, 4.69) is 10.6 Å². The van der Waals surface area contributed by atoms with E-state index in [4.69, 9.17) is 21.1 Å². The van der Waals surface area contributed by atoms with E-state index in [1.807, 2.05) is 30.3 Å². The van der Waals surface area contributed by atoms with E-state index in [-0.39, 0.29) is 18.2 Å². The average molecular weight is 439 g/mol. The maximum Gasteiger partial charge on any atom is 0.253 e. The number of nitrogens with one attached hydrogen (secondary N) is 2. The van der Waals surface area contributed by atoms with Crippen LogP contribution >= 0.6 is 11.6 Å². The third-order valence-corrected chi connectivity index (χ3v) is 5.01. The van der Waals surface area contributed by atoms with E-state index >= 15 is 0 Å². The van der Waals surface area contributed by atoms with Crippen LogP contribution in [0.4, 0.5) is 5.69 Å². The largest absolute Gasteiger partial charge is 0.493 e. The molecule has 0 aliphatic rings. The molecule has 0 bridgehead atoms. The van der Waals surface area contributed by atoms with E-state index in [0.717, 1.165) is 5.56 Å². The topological polar surface area (TPSA) is 76.7 Å². The SMILES string of the molecule is COc1ccc(NC(=O)CC(NC(=O)c2ccccc2Cl)c2ccccc2)cc1OC. The molecule has 0 fully saturated rings. The minimum atomic E-state index is -0.537. The predicted octanol–water partition coefficient (Wildman–Crippen LogP) is 4.86.